The molecule has 1 N–H and O–H groups in total. The summed E-state index contributed by atoms with van der Waals surface area (Å²) in [5, 5.41) is 4.62. The minimum Gasteiger partial charge on any atom is -0.357 e. The van der Waals surface area contributed by atoms with Crippen molar-refractivity contribution in [3.05, 3.63) is 58.1 Å². The van der Waals surface area contributed by atoms with Crippen LogP contribution in [0.4, 0.5) is 0 Å². The van der Waals surface area contributed by atoms with Gasteiger partial charge in [0.05, 0.1) is 5.01 Å². The number of nitrogens with zero attached hydrogens (tertiary/aromatic N) is 4. The van der Waals surface area contributed by atoms with Gasteiger partial charge in [-0.15, -0.1) is 35.3 Å². The molecule has 29 heavy (non-hydrogen) atoms. The fourth-order valence-corrected chi connectivity index (χ4v) is 4.02. The van der Waals surface area contributed by atoms with E-state index in [1.165, 1.54) is 15.4 Å². The molecule has 0 saturated carbocycles. The van der Waals surface area contributed by atoms with Crippen LogP contribution in [-0.4, -0.2) is 66.6 Å². The lowest BCUT2D eigenvalue weighted by atomic mass is 10.2. The van der Waals surface area contributed by atoms with Crippen LogP contribution < -0.4 is 5.32 Å². The number of halogens is 1. The molecule has 3 rings (SSSR count). The highest BCUT2D eigenvalue weighted by Gasteiger charge is 2.18. The van der Waals surface area contributed by atoms with Gasteiger partial charge < -0.3 is 10.2 Å². The fraction of sp³-hybridized carbons (Fsp3) is 0.455. The quantitative estimate of drug-likeness (QED) is 0.338. The molecular weight excluding hydrogens is 493 g/mol. The predicted molar refractivity (Wildman–Crippen MR) is 135 cm³/mol. The molecule has 7 heteroatoms. The molecule has 1 fully saturated rings. The van der Waals surface area contributed by atoms with Crippen LogP contribution in [0.15, 0.2) is 47.6 Å². The molecule has 0 bridgehead atoms. The van der Waals surface area contributed by atoms with E-state index >= 15 is 0 Å². The van der Waals surface area contributed by atoms with Crippen molar-refractivity contribution in [2.75, 3.05) is 45.8 Å². The van der Waals surface area contributed by atoms with E-state index in [-0.39, 0.29) is 24.0 Å². The number of nitrogens with one attached hydrogen (secondary N) is 1. The summed E-state index contributed by atoms with van der Waals surface area (Å²) in [6, 6.07) is 10.5. The molecule has 1 aliphatic rings. The van der Waals surface area contributed by atoms with Gasteiger partial charge in [-0.2, -0.15) is 0 Å². The Kier molecular flexibility index (Phi) is 10.7. The third kappa shape index (κ3) is 8.06. The molecule has 2 aromatic rings. The normalized spacial score (nSPS) is 15.5. The molecule has 1 aromatic carbocycles. The monoisotopic (exact) mass is 525 g/mol. The number of rotatable bonds is 7. The topological polar surface area (TPSA) is 43.8 Å². The third-order valence-electron chi connectivity index (χ3n) is 4.74. The predicted octanol–water partition coefficient (Wildman–Crippen LogP) is 3.91. The first-order valence-corrected chi connectivity index (χ1v) is 10.9. The first-order valence-electron chi connectivity index (χ1n) is 10.1. The van der Waals surface area contributed by atoms with Crippen LogP contribution in [0.3, 0.4) is 0 Å². The van der Waals surface area contributed by atoms with Crippen LogP contribution in [0.1, 0.15) is 22.4 Å². The lowest BCUT2D eigenvalue weighted by Gasteiger charge is -2.36. The average Bonchev–Trinajstić information content (AvgIpc) is 3.14. The molecule has 158 valence electrons. The molecule has 0 aliphatic carbocycles. The van der Waals surface area contributed by atoms with Crippen LogP contribution in [-0.2, 0) is 6.42 Å². The van der Waals surface area contributed by atoms with E-state index in [0.717, 1.165) is 58.2 Å². The summed E-state index contributed by atoms with van der Waals surface area (Å²) in [5.74, 6) is 1.04. The summed E-state index contributed by atoms with van der Waals surface area (Å²) in [7, 11) is 0. The number of piperazine rings is 1. The summed E-state index contributed by atoms with van der Waals surface area (Å²) < 4.78 is 0. The van der Waals surface area contributed by atoms with Crippen molar-refractivity contribution in [1.82, 2.24) is 20.1 Å². The second kappa shape index (κ2) is 13.0. The molecule has 0 atom stereocenters. The zero-order chi connectivity index (χ0) is 19.6. The maximum atomic E-state index is 4.83. The molecule has 2 heterocycles. The minimum absolute atomic E-state index is 0. The van der Waals surface area contributed by atoms with Gasteiger partial charge in [-0.3, -0.25) is 9.89 Å². The number of aromatic nitrogens is 1. The Balaban J connectivity index is 0.00000300. The third-order valence-corrected chi connectivity index (χ3v) is 5.71. The van der Waals surface area contributed by atoms with Crippen molar-refractivity contribution in [2.24, 2.45) is 4.99 Å². The Labute approximate surface area is 196 Å². The Morgan fingerprint density at radius 1 is 1.21 bits per heavy atom. The number of hydrogen-bond acceptors (Lipinski definition) is 4. The number of benzene rings is 1. The summed E-state index contributed by atoms with van der Waals surface area (Å²) >= 11 is 1.77. The van der Waals surface area contributed by atoms with E-state index in [9.17, 15) is 0 Å². The molecule has 0 spiro atoms. The molecule has 1 saturated heterocycles. The van der Waals surface area contributed by atoms with E-state index in [4.69, 9.17) is 4.99 Å². The lowest BCUT2D eigenvalue weighted by molar-refractivity contribution is 0.194. The van der Waals surface area contributed by atoms with Crippen molar-refractivity contribution < 1.29 is 0 Å². The molecule has 1 aromatic heterocycles. The molecule has 1 aliphatic heterocycles. The van der Waals surface area contributed by atoms with E-state index in [2.05, 4.69) is 76.4 Å². The van der Waals surface area contributed by atoms with Crippen molar-refractivity contribution in [2.45, 2.75) is 20.3 Å². The van der Waals surface area contributed by atoms with Crippen LogP contribution in [0, 0.1) is 6.92 Å². The van der Waals surface area contributed by atoms with Gasteiger partial charge in [-0.1, -0.05) is 42.5 Å². The van der Waals surface area contributed by atoms with E-state index in [1.807, 2.05) is 6.20 Å². The van der Waals surface area contributed by atoms with E-state index < -0.39 is 0 Å². The minimum atomic E-state index is 0. The first-order chi connectivity index (χ1) is 13.7. The molecule has 0 unspecified atom stereocenters. The summed E-state index contributed by atoms with van der Waals surface area (Å²) in [4.78, 5) is 15.4. The van der Waals surface area contributed by atoms with Gasteiger partial charge >= 0.3 is 0 Å². The van der Waals surface area contributed by atoms with Crippen molar-refractivity contribution in [1.29, 1.82) is 0 Å². The first kappa shape index (κ1) is 23.8. The maximum absolute atomic E-state index is 4.83. The van der Waals surface area contributed by atoms with Crippen LogP contribution in [0.5, 0.6) is 0 Å². The number of aryl methyl sites for hydroxylation is 1. The number of aliphatic imine (C=N–C) groups is 1. The standard InChI is InChI=1S/C22H31N5S.HI/c1-3-23-22(24-12-11-21-25-18-19(2)28-21)27-16-14-26(15-17-27)13-7-10-20-8-5-4-6-9-20;/h4-10,18H,3,11-17H2,1-2H3,(H,23,24);1H/b10-7+;. The van der Waals surface area contributed by atoms with Gasteiger partial charge in [-0.05, 0) is 19.4 Å². The summed E-state index contributed by atoms with van der Waals surface area (Å²) in [6.07, 6.45) is 7.33. The van der Waals surface area contributed by atoms with Gasteiger partial charge in [0, 0.05) is 63.3 Å². The maximum Gasteiger partial charge on any atom is 0.194 e. The van der Waals surface area contributed by atoms with Crippen LogP contribution >= 0.6 is 35.3 Å². The smallest absolute Gasteiger partial charge is 0.194 e. The number of guanidine groups is 1. The number of thiazole rings is 1. The molecular formula is C22H32IN5S. The van der Waals surface area contributed by atoms with Crippen LogP contribution in [0.2, 0.25) is 0 Å². The molecule has 0 radical (unpaired) electrons. The zero-order valence-corrected chi connectivity index (χ0v) is 20.5. The second-order valence-corrected chi connectivity index (χ2v) is 8.27. The molecule has 0 amide bonds. The lowest BCUT2D eigenvalue weighted by Crippen LogP contribution is -2.52. The largest absolute Gasteiger partial charge is 0.357 e. The van der Waals surface area contributed by atoms with E-state index in [0.29, 0.717) is 0 Å². The van der Waals surface area contributed by atoms with E-state index in [1.54, 1.807) is 11.3 Å². The Morgan fingerprint density at radius 2 is 1.97 bits per heavy atom. The molecule has 5 nitrogen and oxygen atoms in total. The van der Waals surface area contributed by atoms with Crippen molar-refractivity contribution in [3.8, 4) is 0 Å². The Hall–Kier alpha value is -1.45. The average molecular weight is 526 g/mol. The van der Waals surface area contributed by atoms with Gasteiger partial charge in [0.25, 0.3) is 0 Å². The van der Waals surface area contributed by atoms with Gasteiger partial charge in [0.2, 0.25) is 0 Å². The highest BCUT2D eigenvalue weighted by molar-refractivity contribution is 14.0. The van der Waals surface area contributed by atoms with Gasteiger partial charge in [0.1, 0.15) is 0 Å². The summed E-state index contributed by atoms with van der Waals surface area (Å²) in [6.45, 7) is 11.1. The Bertz CT molecular complexity index is 767. The highest BCUT2D eigenvalue weighted by atomic mass is 127. The second-order valence-electron chi connectivity index (χ2n) is 6.95. The summed E-state index contributed by atoms with van der Waals surface area (Å²) in [5.41, 5.74) is 1.26. The highest BCUT2D eigenvalue weighted by Crippen LogP contribution is 2.12. The zero-order valence-electron chi connectivity index (χ0n) is 17.4. The SMILES string of the molecule is CCNC(=NCCc1ncc(C)s1)N1CCN(C/C=C/c2ccccc2)CC1.I. The van der Waals surface area contributed by atoms with Crippen molar-refractivity contribution >= 4 is 47.3 Å². The van der Waals surface area contributed by atoms with Crippen molar-refractivity contribution in [3.63, 3.8) is 0 Å². The van der Waals surface area contributed by atoms with Crippen LogP contribution in [0.25, 0.3) is 6.08 Å². The van der Waals surface area contributed by atoms with Gasteiger partial charge in [-0.25, -0.2) is 4.98 Å². The fourth-order valence-electron chi connectivity index (χ4n) is 3.24. The van der Waals surface area contributed by atoms with Gasteiger partial charge in [0.15, 0.2) is 5.96 Å². The number of hydrogen-bond donors (Lipinski definition) is 1. The Morgan fingerprint density at radius 3 is 2.62 bits per heavy atom.